The SMILES string of the molecule is COc1ccc(CN2CN(CC3(OCc4ccccc4)CCC3)C3(CCC(c4ccccc4)(N(C)C)CC3)C2)cc1OC. The van der Waals surface area contributed by atoms with Crippen molar-refractivity contribution in [3.05, 3.63) is 95.6 Å². The van der Waals surface area contributed by atoms with Gasteiger partial charge in [-0.05, 0) is 87.9 Å². The van der Waals surface area contributed by atoms with Crippen LogP contribution in [0.4, 0.5) is 0 Å². The number of rotatable bonds is 11. The van der Waals surface area contributed by atoms with Gasteiger partial charge in [-0.1, -0.05) is 66.7 Å². The van der Waals surface area contributed by atoms with Crippen LogP contribution >= 0.6 is 0 Å². The Bertz CT molecular complexity index is 1330. The largest absolute Gasteiger partial charge is 0.493 e. The lowest BCUT2D eigenvalue weighted by molar-refractivity contribution is -0.137. The van der Waals surface area contributed by atoms with Crippen molar-refractivity contribution in [3.8, 4) is 11.5 Å². The van der Waals surface area contributed by atoms with Gasteiger partial charge in [0.05, 0.1) is 33.1 Å². The number of methoxy groups -OCH3 is 2. The Labute approximate surface area is 258 Å². The van der Waals surface area contributed by atoms with Crippen LogP contribution in [0.2, 0.25) is 0 Å². The minimum atomic E-state index is -0.0578. The average molecular weight is 584 g/mol. The van der Waals surface area contributed by atoms with Gasteiger partial charge in [-0.3, -0.25) is 14.7 Å². The van der Waals surface area contributed by atoms with Gasteiger partial charge < -0.3 is 14.2 Å². The van der Waals surface area contributed by atoms with Crippen LogP contribution in [0, 0.1) is 0 Å². The molecule has 0 aromatic heterocycles. The molecule has 1 aliphatic heterocycles. The zero-order valence-corrected chi connectivity index (χ0v) is 26.6. The zero-order chi connectivity index (χ0) is 29.9. The zero-order valence-electron chi connectivity index (χ0n) is 26.6. The molecule has 0 amide bonds. The summed E-state index contributed by atoms with van der Waals surface area (Å²) >= 11 is 0. The molecule has 3 aromatic rings. The molecule has 6 nitrogen and oxygen atoms in total. The lowest BCUT2D eigenvalue weighted by Crippen LogP contribution is -2.59. The Morgan fingerprint density at radius 3 is 2.02 bits per heavy atom. The molecule has 43 heavy (non-hydrogen) atoms. The second-order valence-electron chi connectivity index (χ2n) is 13.3. The summed E-state index contributed by atoms with van der Waals surface area (Å²) in [6, 6.07) is 28.2. The van der Waals surface area contributed by atoms with E-state index in [4.69, 9.17) is 14.2 Å². The van der Waals surface area contributed by atoms with E-state index in [1.807, 2.05) is 6.07 Å². The van der Waals surface area contributed by atoms with E-state index in [1.165, 1.54) is 36.0 Å². The standard InChI is InChI=1S/C37H49N3O3/c1-38(2)37(32-14-9-6-10-15-32)22-20-35(21-23-37)27-39(25-31-16-17-33(41-3)34(24-31)42-4)29-40(35)28-36(18-11-19-36)43-26-30-12-7-5-8-13-30/h5-10,12-17,24H,11,18-23,25-29H2,1-4H3. The van der Waals surface area contributed by atoms with Gasteiger partial charge in [0.2, 0.25) is 0 Å². The summed E-state index contributed by atoms with van der Waals surface area (Å²) in [5.74, 6) is 1.58. The lowest BCUT2D eigenvalue weighted by atomic mass is 9.67. The monoisotopic (exact) mass is 583 g/mol. The number of hydrogen-bond acceptors (Lipinski definition) is 6. The first-order valence-electron chi connectivity index (χ1n) is 16.0. The Morgan fingerprint density at radius 1 is 0.744 bits per heavy atom. The minimum Gasteiger partial charge on any atom is -0.493 e. The predicted octanol–water partition coefficient (Wildman–Crippen LogP) is 6.69. The maximum absolute atomic E-state index is 6.81. The molecule has 1 heterocycles. The van der Waals surface area contributed by atoms with Crippen molar-refractivity contribution < 1.29 is 14.2 Å². The topological polar surface area (TPSA) is 37.4 Å². The fourth-order valence-electron chi connectivity index (χ4n) is 7.94. The van der Waals surface area contributed by atoms with Crippen molar-refractivity contribution in [1.29, 1.82) is 0 Å². The van der Waals surface area contributed by atoms with Crippen molar-refractivity contribution >= 4 is 0 Å². The maximum Gasteiger partial charge on any atom is 0.161 e. The highest BCUT2D eigenvalue weighted by molar-refractivity contribution is 5.43. The Kier molecular flexibility index (Phi) is 8.84. The van der Waals surface area contributed by atoms with Gasteiger partial charge >= 0.3 is 0 Å². The van der Waals surface area contributed by atoms with Crippen molar-refractivity contribution in [2.75, 3.05) is 48.1 Å². The fourth-order valence-corrected chi connectivity index (χ4v) is 7.94. The smallest absolute Gasteiger partial charge is 0.161 e. The maximum atomic E-state index is 6.81. The molecule has 1 saturated heterocycles. The molecule has 0 radical (unpaired) electrons. The Hall–Kier alpha value is -2.90. The summed E-state index contributed by atoms with van der Waals surface area (Å²) in [6.45, 7) is 4.63. The van der Waals surface area contributed by atoms with Gasteiger partial charge in [-0.2, -0.15) is 0 Å². The molecule has 230 valence electrons. The molecule has 0 bridgehead atoms. The van der Waals surface area contributed by atoms with Gasteiger partial charge in [-0.25, -0.2) is 0 Å². The van der Waals surface area contributed by atoms with Crippen LogP contribution in [0.3, 0.4) is 0 Å². The van der Waals surface area contributed by atoms with Crippen molar-refractivity contribution in [2.45, 2.75) is 74.8 Å². The quantitative estimate of drug-likeness (QED) is 0.251. The summed E-state index contributed by atoms with van der Waals surface area (Å²) in [6.07, 6.45) is 8.21. The molecular weight excluding hydrogens is 534 g/mol. The van der Waals surface area contributed by atoms with Crippen LogP contribution in [0.25, 0.3) is 0 Å². The molecule has 1 spiro atoms. The van der Waals surface area contributed by atoms with Crippen LogP contribution in [0.15, 0.2) is 78.9 Å². The summed E-state index contributed by atoms with van der Waals surface area (Å²) < 4.78 is 17.9. The molecule has 2 aliphatic carbocycles. The molecule has 3 fully saturated rings. The minimum absolute atomic E-state index is 0.0578. The first-order valence-corrected chi connectivity index (χ1v) is 16.0. The van der Waals surface area contributed by atoms with Crippen molar-refractivity contribution in [2.24, 2.45) is 0 Å². The normalized spacial score (nSPS) is 25.6. The van der Waals surface area contributed by atoms with Gasteiger partial charge in [0.25, 0.3) is 0 Å². The molecule has 3 aliphatic rings. The van der Waals surface area contributed by atoms with Crippen molar-refractivity contribution in [1.82, 2.24) is 14.7 Å². The predicted molar refractivity (Wildman–Crippen MR) is 172 cm³/mol. The summed E-state index contributed by atoms with van der Waals surface area (Å²) in [7, 11) is 7.94. The summed E-state index contributed by atoms with van der Waals surface area (Å²) in [4.78, 5) is 7.95. The van der Waals surface area contributed by atoms with E-state index in [2.05, 4.69) is 102 Å². The van der Waals surface area contributed by atoms with E-state index in [-0.39, 0.29) is 16.7 Å². The van der Waals surface area contributed by atoms with E-state index in [0.717, 1.165) is 63.5 Å². The molecule has 3 aromatic carbocycles. The first-order chi connectivity index (χ1) is 20.9. The van der Waals surface area contributed by atoms with E-state index < -0.39 is 0 Å². The second kappa shape index (κ2) is 12.6. The molecule has 6 rings (SSSR count). The molecular formula is C37H49N3O3. The lowest BCUT2D eigenvalue weighted by Gasteiger charge is -2.53. The first kappa shape index (κ1) is 30.1. The summed E-state index contributed by atoms with van der Waals surface area (Å²) in [5.41, 5.74) is 4.13. The van der Waals surface area contributed by atoms with Crippen LogP contribution in [-0.2, 0) is 23.4 Å². The van der Waals surface area contributed by atoms with Crippen LogP contribution in [0.5, 0.6) is 11.5 Å². The van der Waals surface area contributed by atoms with Crippen LogP contribution in [-0.4, -0.2) is 73.9 Å². The third-order valence-corrected chi connectivity index (χ3v) is 10.7. The van der Waals surface area contributed by atoms with E-state index in [0.29, 0.717) is 6.61 Å². The van der Waals surface area contributed by atoms with Crippen molar-refractivity contribution in [3.63, 3.8) is 0 Å². The average Bonchev–Trinajstić information content (AvgIpc) is 3.34. The van der Waals surface area contributed by atoms with Gasteiger partial charge in [0, 0.05) is 30.7 Å². The molecule has 0 N–H and O–H groups in total. The highest BCUT2D eigenvalue weighted by Crippen LogP contribution is 2.50. The molecule has 2 saturated carbocycles. The Morgan fingerprint density at radius 2 is 1.42 bits per heavy atom. The summed E-state index contributed by atoms with van der Waals surface area (Å²) in [5, 5.41) is 0. The van der Waals surface area contributed by atoms with E-state index in [9.17, 15) is 0 Å². The number of hydrogen-bond donors (Lipinski definition) is 0. The second-order valence-corrected chi connectivity index (χ2v) is 13.3. The highest BCUT2D eigenvalue weighted by Gasteiger charge is 2.54. The van der Waals surface area contributed by atoms with Crippen LogP contribution < -0.4 is 9.47 Å². The van der Waals surface area contributed by atoms with Gasteiger partial charge in [0.15, 0.2) is 11.5 Å². The number of benzene rings is 3. The molecule has 6 heteroatoms. The number of nitrogens with zero attached hydrogens (tertiary/aromatic N) is 3. The third-order valence-electron chi connectivity index (χ3n) is 10.7. The van der Waals surface area contributed by atoms with Gasteiger partial charge in [-0.15, -0.1) is 0 Å². The van der Waals surface area contributed by atoms with E-state index >= 15 is 0 Å². The molecule has 0 atom stereocenters. The molecule has 0 unspecified atom stereocenters. The fraction of sp³-hybridized carbons (Fsp3) is 0.514. The third kappa shape index (κ3) is 6.08. The van der Waals surface area contributed by atoms with Gasteiger partial charge in [0.1, 0.15) is 0 Å². The number of ether oxygens (including phenoxy) is 3. The highest BCUT2D eigenvalue weighted by atomic mass is 16.5. The van der Waals surface area contributed by atoms with E-state index in [1.54, 1.807) is 14.2 Å². The Balaban J connectivity index is 1.24. The van der Waals surface area contributed by atoms with Crippen LogP contribution in [0.1, 0.15) is 61.6 Å².